The highest BCUT2D eigenvalue weighted by molar-refractivity contribution is 7.92. The zero-order chi connectivity index (χ0) is 23.0. The number of hydrogen-bond acceptors (Lipinski definition) is 6. The van der Waals surface area contributed by atoms with E-state index >= 15 is 0 Å². The molecule has 0 amide bonds. The summed E-state index contributed by atoms with van der Waals surface area (Å²) in [6.45, 7) is 3.22. The van der Waals surface area contributed by atoms with Crippen LogP contribution in [-0.4, -0.2) is 44.1 Å². The van der Waals surface area contributed by atoms with Gasteiger partial charge < -0.3 is 4.74 Å². The summed E-state index contributed by atoms with van der Waals surface area (Å²) in [5, 5.41) is 1.23. The number of esters is 1. The molecule has 0 radical (unpaired) electrons. The summed E-state index contributed by atoms with van der Waals surface area (Å²) in [5.41, 5.74) is 3.21. The molecule has 0 unspecified atom stereocenters. The van der Waals surface area contributed by atoms with Crippen molar-refractivity contribution in [1.29, 1.82) is 0 Å². The second kappa shape index (κ2) is 8.52. The lowest BCUT2D eigenvalue weighted by Crippen LogP contribution is -2.30. The fourth-order valence-electron chi connectivity index (χ4n) is 3.73. The average Bonchev–Trinajstić information content (AvgIpc) is 3.21. The summed E-state index contributed by atoms with van der Waals surface area (Å²) >= 11 is 6.02. The fraction of sp³-hybridized carbons (Fsp3) is 0.261. The van der Waals surface area contributed by atoms with Crippen molar-refractivity contribution in [3.8, 4) is 0 Å². The number of fused-ring (bicyclic) bond motifs is 2. The summed E-state index contributed by atoms with van der Waals surface area (Å²) < 4.78 is 31.0. The van der Waals surface area contributed by atoms with Gasteiger partial charge in [-0.25, -0.2) is 13.2 Å². The molecule has 7 nitrogen and oxygen atoms in total. The highest BCUT2D eigenvalue weighted by atomic mass is 35.5. The lowest BCUT2D eigenvalue weighted by molar-refractivity contribution is 0.0473. The van der Waals surface area contributed by atoms with Crippen LogP contribution in [0.1, 0.15) is 38.9 Å². The van der Waals surface area contributed by atoms with E-state index in [1.54, 1.807) is 56.3 Å². The van der Waals surface area contributed by atoms with E-state index < -0.39 is 22.6 Å². The van der Waals surface area contributed by atoms with Crippen molar-refractivity contribution in [2.75, 3.05) is 23.2 Å². The van der Waals surface area contributed by atoms with Crippen molar-refractivity contribution in [2.24, 2.45) is 0 Å². The number of pyridine rings is 1. The van der Waals surface area contributed by atoms with Gasteiger partial charge in [-0.15, -0.1) is 0 Å². The Hall–Kier alpha value is -2.97. The summed E-state index contributed by atoms with van der Waals surface area (Å²) in [7, 11) is -3.35. The van der Waals surface area contributed by atoms with Crippen molar-refractivity contribution in [3.63, 3.8) is 0 Å². The van der Waals surface area contributed by atoms with Crippen molar-refractivity contribution in [2.45, 2.75) is 20.3 Å². The molecule has 1 aromatic heterocycles. The molecule has 2 aromatic carbocycles. The molecule has 0 atom stereocenters. The third kappa shape index (κ3) is 4.20. The summed E-state index contributed by atoms with van der Waals surface area (Å²) in [4.78, 5) is 29.6. The number of ether oxygens (including phenoxy) is 1. The standard InChI is InChI=1S/C23H21ClN2O5S/c1-3-32(29,30)26-9-8-15-10-16(4-7-21(15)26)22(27)13-31-23(28)19-12-17-11-18(24)5-6-20(17)25-14(19)2/h4-7,10-12H,3,8-9,13H2,1-2H3. The maximum absolute atomic E-state index is 12.6. The first kappa shape index (κ1) is 22.2. The van der Waals surface area contributed by atoms with Crippen molar-refractivity contribution < 1.29 is 22.7 Å². The molecule has 9 heteroatoms. The SMILES string of the molecule is CCS(=O)(=O)N1CCc2cc(C(=O)COC(=O)c3cc4cc(Cl)ccc4nc3C)ccc21. The predicted molar refractivity (Wildman–Crippen MR) is 123 cm³/mol. The second-order valence-corrected chi connectivity index (χ2v) is 10.1. The van der Waals surface area contributed by atoms with E-state index in [-0.39, 0.29) is 17.1 Å². The number of hydrogen-bond donors (Lipinski definition) is 0. The van der Waals surface area contributed by atoms with Crippen molar-refractivity contribution in [3.05, 3.63) is 69.9 Å². The van der Waals surface area contributed by atoms with Crippen molar-refractivity contribution >= 4 is 50.0 Å². The minimum Gasteiger partial charge on any atom is -0.454 e. The summed E-state index contributed by atoms with van der Waals surface area (Å²) in [5.74, 6) is -1.00. The van der Waals surface area contributed by atoms with Gasteiger partial charge in [-0.2, -0.15) is 0 Å². The molecule has 0 bridgehead atoms. The number of rotatable bonds is 6. The van der Waals surface area contributed by atoms with Crippen LogP contribution in [0.3, 0.4) is 0 Å². The number of carbonyl (C=O) groups excluding carboxylic acids is 2. The Morgan fingerprint density at radius 1 is 1.16 bits per heavy atom. The molecule has 3 aromatic rings. The molecule has 0 N–H and O–H groups in total. The van der Waals surface area contributed by atoms with E-state index in [0.29, 0.717) is 45.8 Å². The molecule has 1 aliphatic rings. The molecule has 32 heavy (non-hydrogen) atoms. The fourth-order valence-corrected chi connectivity index (χ4v) is 5.07. The molecule has 166 valence electrons. The number of ketones is 1. The van der Waals surface area contributed by atoms with E-state index in [1.807, 2.05) is 0 Å². The maximum atomic E-state index is 12.6. The zero-order valence-electron chi connectivity index (χ0n) is 17.6. The number of benzene rings is 2. The lowest BCUT2D eigenvalue weighted by Gasteiger charge is -2.18. The Bertz CT molecular complexity index is 1350. The van der Waals surface area contributed by atoms with E-state index in [9.17, 15) is 18.0 Å². The molecule has 2 heterocycles. The Balaban J connectivity index is 1.48. The van der Waals surface area contributed by atoms with Gasteiger partial charge in [-0.1, -0.05) is 11.6 Å². The van der Waals surface area contributed by atoms with Crippen LogP contribution in [0.4, 0.5) is 5.69 Å². The number of halogens is 1. The monoisotopic (exact) mass is 472 g/mol. The van der Waals surface area contributed by atoms with Gasteiger partial charge in [0.05, 0.1) is 28.2 Å². The molecule has 0 spiro atoms. The number of nitrogens with zero attached hydrogens (tertiary/aromatic N) is 2. The third-order valence-corrected chi connectivity index (χ3v) is 7.49. The minimum absolute atomic E-state index is 0.0122. The van der Waals surface area contributed by atoms with Gasteiger partial charge >= 0.3 is 5.97 Å². The van der Waals surface area contributed by atoms with Crippen LogP contribution in [0.15, 0.2) is 42.5 Å². The van der Waals surface area contributed by atoms with E-state index in [2.05, 4.69) is 4.98 Å². The second-order valence-electron chi connectivity index (χ2n) is 7.52. The van der Waals surface area contributed by atoms with Gasteiger partial charge in [0.2, 0.25) is 10.0 Å². The molecular formula is C23H21ClN2O5S. The molecule has 0 saturated carbocycles. The van der Waals surface area contributed by atoms with Crippen LogP contribution < -0.4 is 4.31 Å². The molecule has 4 rings (SSSR count). The van der Waals surface area contributed by atoms with Gasteiger partial charge in [0.1, 0.15) is 0 Å². The zero-order valence-corrected chi connectivity index (χ0v) is 19.2. The van der Waals surface area contributed by atoms with Crippen LogP contribution in [0.2, 0.25) is 5.02 Å². The number of anilines is 1. The number of aryl methyl sites for hydroxylation is 1. The normalized spacial score (nSPS) is 13.3. The largest absolute Gasteiger partial charge is 0.454 e. The first-order valence-corrected chi connectivity index (χ1v) is 12.1. The first-order valence-electron chi connectivity index (χ1n) is 10.1. The van der Waals surface area contributed by atoms with Crippen LogP contribution in [0.25, 0.3) is 10.9 Å². The summed E-state index contributed by atoms with van der Waals surface area (Å²) in [6, 6.07) is 11.7. The molecular weight excluding hydrogens is 452 g/mol. The molecule has 0 saturated heterocycles. The third-order valence-electron chi connectivity index (χ3n) is 5.48. The van der Waals surface area contributed by atoms with Crippen LogP contribution in [-0.2, 0) is 21.2 Å². The number of Topliss-reactive ketones (excluding diaryl/α,β-unsaturated/α-hetero) is 1. The number of carbonyl (C=O) groups is 2. The molecule has 0 aliphatic carbocycles. The van der Waals surface area contributed by atoms with Crippen LogP contribution in [0.5, 0.6) is 0 Å². The lowest BCUT2D eigenvalue weighted by atomic mass is 10.1. The van der Waals surface area contributed by atoms with Gasteiger partial charge in [0.25, 0.3) is 0 Å². The number of aromatic nitrogens is 1. The van der Waals surface area contributed by atoms with Gasteiger partial charge in [-0.3, -0.25) is 14.1 Å². The quantitative estimate of drug-likeness (QED) is 0.398. The highest BCUT2D eigenvalue weighted by Crippen LogP contribution is 2.31. The van der Waals surface area contributed by atoms with E-state index in [4.69, 9.17) is 16.3 Å². The van der Waals surface area contributed by atoms with Crippen LogP contribution >= 0.6 is 11.6 Å². The van der Waals surface area contributed by atoms with Gasteiger partial charge in [0.15, 0.2) is 12.4 Å². The van der Waals surface area contributed by atoms with Crippen molar-refractivity contribution in [1.82, 2.24) is 4.98 Å². The highest BCUT2D eigenvalue weighted by Gasteiger charge is 2.28. The smallest absolute Gasteiger partial charge is 0.340 e. The van der Waals surface area contributed by atoms with Crippen LogP contribution in [0, 0.1) is 6.92 Å². The van der Waals surface area contributed by atoms with Gasteiger partial charge in [0, 0.05) is 22.5 Å². The van der Waals surface area contributed by atoms with E-state index in [0.717, 1.165) is 5.56 Å². The molecule has 0 fully saturated rings. The predicted octanol–water partition coefficient (Wildman–Crippen LogP) is 3.95. The Labute approximate surface area is 191 Å². The topological polar surface area (TPSA) is 93.6 Å². The Morgan fingerprint density at radius 3 is 2.69 bits per heavy atom. The first-order chi connectivity index (χ1) is 15.2. The van der Waals surface area contributed by atoms with Gasteiger partial charge in [-0.05, 0) is 68.3 Å². The number of sulfonamides is 1. The minimum atomic E-state index is -3.35. The molecule has 1 aliphatic heterocycles. The Kier molecular flexibility index (Phi) is 5.92. The Morgan fingerprint density at radius 2 is 1.94 bits per heavy atom. The summed E-state index contributed by atoms with van der Waals surface area (Å²) in [6.07, 6.45) is 0.528. The average molecular weight is 473 g/mol. The maximum Gasteiger partial charge on any atom is 0.340 e. The van der Waals surface area contributed by atoms with E-state index in [1.165, 1.54) is 4.31 Å².